The van der Waals surface area contributed by atoms with Crippen LogP contribution in [-0.2, 0) is 16.1 Å². The summed E-state index contributed by atoms with van der Waals surface area (Å²) in [6, 6.07) is 9.41. The molecule has 1 aliphatic heterocycles. The van der Waals surface area contributed by atoms with Gasteiger partial charge in [0.05, 0.1) is 11.6 Å². The highest BCUT2D eigenvalue weighted by molar-refractivity contribution is 5.91. The van der Waals surface area contributed by atoms with E-state index >= 15 is 0 Å². The van der Waals surface area contributed by atoms with Gasteiger partial charge in [0.15, 0.2) is 0 Å². The zero-order valence-electron chi connectivity index (χ0n) is 14.8. The zero-order valence-corrected chi connectivity index (χ0v) is 14.8. The Morgan fingerprint density at radius 1 is 1.36 bits per heavy atom. The van der Waals surface area contributed by atoms with Gasteiger partial charge in [0.1, 0.15) is 11.8 Å². The van der Waals surface area contributed by atoms with Crippen LogP contribution in [0.4, 0.5) is 0 Å². The van der Waals surface area contributed by atoms with E-state index in [1.165, 1.54) is 0 Å². The summed E-state index contributed by atoms with van der Waals surface area (Å²) < 4.78 is 5.14. The lowest BCUT2D eigenvalue weighted by Gasteiger charge is -2.18. The second-order valence-corrected chi connectivity index (χ2v) is 6.55. The first-order valence-electron chi connectivity index (χ1n) is 8.53. The third-order valence-corrected chi connectivity index (χ3v) is 4.75. The number of nitrogens with one attached hydrogen (secondary N) is 1. The normalized spacial score (nSPS) is 18.4. The molecule has 1 N–H and O–H groups in total. The molecule has 1 aliphatic rings. The minimum absolute atomic E-state index is 0.0248. The smallest absolute Gasteiger partial charge is 0.245 e. The predicted molar refractivity (Wildman–Crippen MR) is 92.8 cm³/mol. The lowest BCUT2D eigenvalue weighted by Crippen LogP contribution is -2.43. The van der Waals surface area contributed by atoms with Crippen molar-refractivity contribution >= 4 is 11.8 Å². The number of aryl methyl sites for hydroxylation is 2. The summed E-state index contributed by atoms with van der Waals surface area (Å²) in [6.45, 7) is 6.65. The lowest BCUT2D eigenvalue weighted by atomic mass is 9.98. The van der Waals surface area contributed by atoms with Crippen molar-refractivity contribution in [3.63, 3.8) is 0 Å². The highest BCUT2D eigenvalue weighted by Crippen LogP contribution is 2.24. The lowest BCUT2D eigenvalue weighted by molar-refractivity contribution is -0.133. The number of amides is 2. The van der Waals surface area contributed by atoms with E-state index in [9.17, 15) is 9.59 Å². The van der Waals surface area contributed by atoms with Crippen LogP contribution in [0.25, 0.3) is 0 Å². The van der Waals surface area contributed by atoms with Gasteiger partial charge < -0.3 is 14.7 Å². The van der Waals surface area contributed by atoms with Crippen molar-refractivity contribution in [3.05, 3.63) is 52.9 Å². The molecule has 3 rings (SSSR count). The van der Waals surface area contributed by atoms with Crippen LogP contribution in [0, 0.1) is 13.8 Å². The molecule has 132 valence electrons. The van der Waals surface area contributed by atoms with E-state index in [2.05, 4.69) is 10.5 Å². The maximum absolute atomic E-state index is 12.6. The number of carbonyl (C=O) groups excluding carboxylic acids is 2. The molecule has 1 fully saturated rings. The van der Waals surface area contributed by atoms with E-state index in [4.69, 9.17) is 4.52 Å². The van der Waals surface area contributed by atoms with Crippen molar-refractivity contribution in [1.29, 1.82) is 0 Å². The molecule has 1 aromatic heterocycles. The molecular weight excluding hydrogens is 318 g/mol. The quantitative estimate of drug-likeness (QED) is 0.905. The van der Waals surface area contributed by atoms with E-state index in [-0.39, 0.29) is 11.8 Å². The molecule has 25 heavy (non-hydrogen) atoms. The largest absolute Gasteiger partial charge is 0.361 e. The molecule has 2 aromatic rings. The molecule has 1 aromatic carbocycles. The van der Waals surface area contributed by atoms with E-state index in [1.807, 2.05) is 44.2 Å². The van der Waals surface area contributed by atoms with E-state index in [0.29, 0.717) is 31.0 Å². The molecule has 2 atom stereocenters. The Morgan fingerprint density at radius 2 is 2.08 bits per heavy atom. The van der Waals surface area contributed by atoms with Gasteiger partial charge in [-0.3, -0.25) is 9.59 Å². The van der Waals surface area contributed by atoms with Crippen LogP contribution in [-0.4, -0.2) is 34.5 Å². The van der Waals surface area contributed by atoms with Gasteiger partial charge in [-0.1, -0.05) is 35.5 Å². The van der Waals surface area contributed by atoms with Crippen LogP contribution in [0.15, 0.2) is 34.9 Å². The molecule has 0 radical (unpaired) electrons. The molecule has 0 aliphatic carbocycles. The Kier molecular flexibility index (Phi) is 4.88. The number of carbonyl (C=O) groups is 2. The average Bonchev–Trinajstić information content (AvgIpc) is 3.11. The van der Waals surface area contributed by atoms with Crippen LogP contribution in [0.1, 0.15) is 41.8 Å². The molecule has 0 saturated carbocycles. The van der Waals surface area contributed by atoms with Crippen molar-refractivity contribution in [1.82, 2.24) is 15.4 Å². The summed E-state index contributed by atoms with van der Waals surface area (Å²) in [5.41, 5.74) is 2.60. The monoisotopic (exact) mass is 341 g/mol. The van der Waals surface area contributed by atoms with Crippen molar-refractivity contribution in [2.24, 2.45) is 0 Å². The zero-order chi connectivity index (χ0) is 18.0. The summed E-state index contributed by atoms with van der Waals surface area (Å²) in [5.74, 6) is 0.0447. The number of nitrogens with zero attached hydrogens (tertiary/aromatic N) is 2. The van der Waals surface area contributed by atoms with Gasteiger partial charge in [-0.15, -0.1) is 0 Å². The Balaban J connectivity index is 1.62. The Hall–Kier alpha value is -2.63. The van der Waals surface area contributed by atoms with E-state index in [1.54, 1.807) is 11.8 Å². The summed E-state index contributed by atoms with van der Waals surface area (Å²) in [4.78, 5) is 26.9. The first kappa shape index (κ1) is 17.2. The van der Waals surface area contributed by atoms with E-state index in [0.717, 1.165) is 11.1 Å². The minimum atomic E-state index is -0.459. The molecule has 1 saturated heterocycles. The number of aromatic nitrogens is 1. The molecule has 2 amide bonds. The maximum atomic E-state index is 12.6. The molecule has 2 heterocycles. The van der Waals surface area contributed by atoms with Crippen LogP contribution in [0.2, 0.25) is 0 Å². The Bertz CT molecular complexity index is 750. The maximum Gasteiger partial charge on any atom is 0.245 e. The average molecular weight is 341 g/mol. The summed E-state index contributed by atoms with van der Waals surface area (Å²) in [5, 5.41) is 6.78. The van der Waals surface area contributed by atoms with Gasteiger partial charge in [-0.25, -0.2) is 0 Å². The topological polar surface area (TPSA) is 75.4 Å². The van der Waals surface area contributed by atoms with Crippen molar-refractivity contribution in [2.75, 3.05) is 6.54 Å². The van der Waals surface area contributed by atoms with Gasteiger partial charge in [-0.2, -0.15) is 0 Å². The van der Waals surface area contributed by atoms with Crippen molar-refractivity contribution in [3.8, 4) is 0 Å². The molecule has 6 nitrogen and oxygen atoms in total. The number of benzene rings is 1. The summed E-state index contributed by atoms with van der Waals surface area (Å²) in [6.07, 6.45) is 0.631. The predicted octanol–water partition coefficient (Wildman–Crippen LogP) is 2.31. The van der Waals surface area contributed by atoms with Gasteiger partial charge >= 0.3 is 0 Å². The first-order chi connectivity index (χ1) is 12.0. The van der Waals surface area contributed by atoms with Gasteiger partial charge in [0.2, 0.25) is 11.8 Å². The molecule has 0 bridgehead atoms. The fourth-order valence-electron chi connectivity index (χ4n) is 3.37. The van der Waals surface area contributed by atoms with Crippen molar-refractivity contribution < 1.29 is 14.1 Å². The molecular formula is C19H23N3O3. The highest BCUT2D eigenvalue weighted by Gasteiger charge is 2.34. The van der Waals surface area contributed by atoms with E-state index < -0.39 is 12.0 Å². The van der Waals surface area contributed by atoms with Crippen LogP contribution < -0.4 is 5.32 Å². The Morgan fingerprint density at radius 3 is 2.72 bits per heavy atom. The van der Waals surface area contributed by atoms with Gasteiger partial charge in [-0.05, 0) is 32.8 Å². The number of hydrogen-bond acceptors (Lipinski definition) is 4. The minimum Gasteiger partial charge on any atom is -0.361 e. The van der Waals surface area contributed by atoms with Crippen LogP contribution in [0.5, 0.6) is 0 Å². The molecule has 0 spiro atoms. The fourth-order valence-corrected chi connectivity index (χ4v) is 3.37. The van der Waals surface area contributed by atoms with Crippen LogP contribution in [0.3, 0.4) is 0 Å². The standard InChI is InChI=1S/C19H23N3O3/c1-12(17-13(2)21-25-14(17)3)18(23)20-16-9-10-22(19(16)24)11-15-7-5-4-6-8-15/h4-8,12,16H,9-11H2,1-3H3,(H,20,23)/t12-,16+/m1/s1. The third-order valence-electron chi connectivity index (χ3n) is 4.75. The number of hydrogen-bond donors (Lipinski definition) is 1. The van der Waals surface area contributed by atoms with Gasteiger partial charge in [0, 0.05) is 18.7 Å². The number of likely N-dealkylation sites (tertiary alicyclic amines) is 1. The van der Waals surface area contributed by atoms with Gasteiger partial charge in [0.25, 0.3) is 0 Å². The summed E-state index contributed by atoms with van der Waals surface area (Å²) >= 11 is 0. The summed E-state index contributed by atoms with van der Waals surface area (Å²) in [7, 11) is 0. The molecule has 0 unspecified atom stereocenters. The SMILES string of the molecule is Cc1noc(C)c1[C@@H](C)C(=O)N[C@H]1CCN(Cc2ccccc2)C1=O. The van der Waals surface area contributed by atoms with Crippen molar-refractivity contribution in [2.45, 2.75) is 45.7 Å². The number of rotatable bonds is 5. The Labute approximate surface area is 147 Å². The second-order valence-electron chi connectivity index (χ2n) is 6.55. The third kappa shape index (κ3) is 3.57. The van der Waals surface area contributed by atoms with Crippen LogP contribution >= 0.6 is 0 Å². The first-order valence-corrected chi connectivity index (χ1v) is 8.53. The highest BCUT2D eigenvalue weighted by atomic mass is 16.5. The second kappa shape index (κ2) is 7.09. The fraction of sp³-hybridized carbons (Fsp3) is 0.421. The molecule has 6 heteroatoms.